The maximum atomic E-state index is 15.2. The van der Waals surface area contributed by atoms with E-state index < -0.39 is 41.3 Å². The number of hydrogen-bond donors (Lipinski definition) is 3. The predicted octanol–water partition coefficient (Wildman–Crippen LogP) is 3.76. The largest absolute Gasteiger partial charge is 0.396 e. The van der Waals surface area contributed by atoms with E-state index in [9.17, 15) is 24.0 Å². The van der Waals surface area contributed by atoms with Gasteiger partial charge in [-0.25, -0.2) is 23.7 Å². The summed E-state index contributed by atoms with van der Waals surface area (Å²) < 4.78 is 59.7. The predicted molar refractivity (Wildman–Crippen MR) is 255 cm³/mol. The van der Waals surface area contributed by atoms with Gasteiger partial charge in [0.05, 0.1) is 100 Å². The number of nitrogen functional groups attached to an aromatic ring is 1. The van der Waals surface area contributed by atoms with Gasteiger partial charge in [0, 0.05) is 74.5 Å². The molecule has 4 N–H and O–H groups in total. The molecule has 22 heteroatoms. The second-order valence-corrected chi connectivity index (χ2v) is 17.0. The van der Waals surface area contributed by atoms with Crippen LogP contribution in [0.5, 0.6) is 0 Å². The van der Waals surface area contributed by atoms with Crippen molar-refractivity contribution >= 4 is 57.8 Å². The Hall–Kier alpha value is -6.98. The molecule has 8 rings (SSSR count). The normalized spacial score (nSPS) is 16.2. The molecule has 20 nitrogen and oxygen atoms in total. The number of pyridine rings is 1. The van der Waals surface area contributed by atoms with Crippen LogP contribution in [0.1, 0.15) is 52.8 Å². The highest BCUT2D eigenvalue weighted by molar-refractivity contribution is 6.25. The van der Waals surface area contributed by atoms with E-state index in [1.807, 2.05) is 18.0 Å². The third kappa shape index (κ3) is 11.8. The number of aromatic nitrogens is 4. The van der Waals surface area contributed by atoms with Crippen LogP contribution in [-0.4, -0.2) is 164 Å². The first-order chi connectivity index (χ1) is 34.5. The second-order valence-electron chi connectivity index (χ2n) is 17.0. The van der Waals surface area contributed by atoms with Gasteiger partial charge in [-0.2, -0.15) is 0 Å². The highest BCUT2D eigenvalue weighted by atomic mass is 19.1. The zero-order chi connectivity index (χ0) is 49.9. The lowest BCUT2D eigenvalue weighted by molar-refractivity contribution is -0.136. The van der Waals surface area contributed by atoms with Crippen LogP contribution in [0, 0.1) is 11.6 Å². The van der Waals surface area contributed by atoms with E-state index in [1.165, 1.54) is 17.0 Å². The number of rotatable bonds is 24. The second kappa shape index (κ2) is 23.8. The van der Waals surface area contributed by atoms with Crippen molar-refractivity contribution in [2.45, 2.75) is 44.2 Å². The van der Waals surface area contributed by atoms with Crippen LogP contribution in [0.2, 0.25) is 0 Å². The van der Waals surface area contributed by atoms with Crippen molar-refractivity contribution in [2.75, 3.05) is 109 Å². The summed E-state index contributed by atoms with van der Waals surface area (Å²) in [6.07, 6.45) is 8.10. The van der Waals surface area contributed by atoms with Crippen LogP contribution >= 0.6 is 0 Å². The topological polar surface area (TPSA) is 235 Å². The summed E-state index contributed by atoms with van der Waals surface area (Å²) in [7, 11) is 1.95. The molecule has 5 aromatic rings. The van der Waals surface area contributed by atoms with Gasteiger partial charge < -0.3 is 49.1 Å². The number of benzene rings is 2. The Balaban J connectivity index is 0.648. The summed E-state index contributed by atoms with van der Waals surface area (Å²) in [6.45, 7) is 5.03. The third-order valence-electron chi connectivity index (χ3n) is 12.5. The summed E-state index contributed by atoms with van der Waals surface area (Å²) in [4.78, 5) is 81.3. The van der Waals surface area contributed by atoms with Crippen molar-refractivity contribution in [2.24, 2.45) is 0 Å². The van der Waals surface area contributed by atoms with E-state index in [0.717, 1.165) is 23.8 Å². The van der Waals surface area contributed by atoms with Crippen LogP contribution in [0.25, 0.3) is 27.8 Å². The third-order valence-corrected chi connectivity index (χ3v) is 12.5. The molecule has 0 aliphatic carbocycles. The lowest BCUT2D eigenvalue weighted by atomic mass is 10.0. The minimum Gasteiger partial charge on any atom is -0.396 e. The van der Waals surface area contributed by atoms with Gasteiger partial charge in [0.2, 0.25) is 17.7 Å². The lowest BCUT2D eigenvalue weighted by Gasteiger charge is -2.37. The van der Waals surface area contributed by atoms with Crippen molar-refractivity contribution in [3.05, 3.63) is 90.1 Å². The van der Waals surface area contributed by atoms with E-state index in [0.29, 0.717) is 113 Å². The number of ether oxygens (including phenoxy) is 5. The number of fused-ring (bicyclic) bond motifs is 2. The average Bonchev–Trinajstić information content (AvgIpc) is 3.88. The number of nitrogens with zero attached hydrogens (tertiary/aromatic N) is 7. The minimum absolute atomic E-state index is 0.0230. The Morgan fingerprint density at radius 2 is 1.48 bits per heavy atom. The van der Waals surface area contributed by atoms with Crippen molar-refractivity contribution < 1.29 is 56.4 Å². The number of hydrogen-bond acceptors (Lipinski definition) is 16. The molecular formula is C49H56F2N10O10. The number of nitrogens with one attached hydrogen (secondary N) is 2. The fourth-order valence-corrected chi connectivity index (χ4v) is 8.81. The monoisotopic (exact) mass is 982 g/mol. The molecule has 3 aromatic heterocycles. The first-order valence-corrected chi connectivity index (χ1v) is 23.5. The zero-order valence-electron chi connectivity index (χ0n) is 39.3. The molecule has 1 unspecified atom stereocenters. The quantitative estimate of drug-likeness (QED) is 0.0454. The van der Waals surface area contributed by atoms with Crippen LogP contribution < -0.4 is 21.3 Å². The van der Waals surface area contributed by atoms with Crippen LogP contribution in [-0.2, 0) is 38.1 Å². The fraction of sp³-hybridized carbons (Fsp3) is 0.429. The lowest BCUT2D eigenvalue weighted by Crippen LogP contribution is -2.54. The Labute approximate surface area is 407 Å². The van der Waals surface area contributed by atoms with Crippen molar-refractivity contribution in [3.8, 4) is 16.8 Å². The molecule has 0 spiro atoms. The standard InChI is InChI=1S/C49H56F2N10O10/c1-58(40-9-7-38-45(56-40)34(31-27-53-30-54-28-31)29-60(38)46-35(50)5-6-36(52)44(46)51)32-11-15-59(16-12-32)42(63)13-17-67-19-21-69-23-25-71-26-24-70-22-20-68-18-14-55-37-4-2-3-33-43(37)49(66)61(48(33)65)39-8-10-41(62)57-47(39)64/h2-7,9,27-30,32,39,55H,8,10-26,52H2,1H3,(H,57,62,64). The number of nitrogens with two attached hydrogens (primary N) is 1. The van der Waals surface area contributed by atoms with Gasteiger partial charge in [-0.15, -0.1) is 0 Å². The molecule has 1 atom stereocenters. The molecule has 0 saturated carbocycles. The number of carbonyl (C=O) groups is 5. The van der Waals surface area contributed by atoms with E-state index in [1.54, 1.807) is 42.9 Å². The Morgan fingerprint density at radius 3 is 2.15 bits per heavy atom. The number of halogens is 2. The first-order valence-electron chi connectivity index (χ1n) is 23.5. The van der Waals surface area contributed by atoms with E-state index in [4.69, 9.17) is 34.4 Å². The molecule has 71 heavy (non-hydrogen) atoms. The number of imide groups is 2. The molecule has 376 valence electrons. The number of amides is 5. The highest BCUT2D eigenvalue weighted by Gasteiger charge is 2.45. The Kier molecular flexibility index (Phi) is 16.9. The Morgan fingerprint density at radius 1 is 0.817 bits per heavy atom. The fourth-order valence-electron chi connectivity index (χ4n) is 8.81. The van der Waals surface area contributed by atoms with Gasteiger partial charge >= 0.3 is 0 Å². The van der Waals surface area contributed by atoms with Crippen LogP contribution in [0.15, 0.2) is 67.4 Å². The van der Waals surface area contributed by atoms with E-state index in [2.05, 4.69) is 25.5 Å². The Bertz CT molecular complexity index is 2720. The molecule has 2 saturated heterocycles. The van der Waals surface area contributed by atoms with Gasteiger partial charge in [-0.05, 0) is 55.7 Å². The molecule has 0 bridgehead atoms. The smallest absolute Gasteiger partial charge is 0.264 e. The van der Waals surface area contributed by atoms with E-state index in [-0.39, 0.29) is 60.3 Å². The SMILES string of the molecule is CN(c1ccc2c(n1)c(-c1cncnc1)cn2-c1c(F)ccc(N)c1F)C1CCN(C(=O)CCOCCOCCOCCOCCOCCNc2cccc3c2C(=O)N(C2CCC(=O)NC2=O)C3=O)CC1. The molecule has 2 aromatic carbocycles. The molecule has 6 heterocycles. The molecule has 0 radical (unpaired) electrons. The minimum atomic E-state index is -1.03. The van der Waals surface area contributed by atoms with Gasteiger partial charge in [-0.1, -0.05) is 6.07 Å². The first kappa shape index (κ1) is 50.4. The summed E-state index contributed by atoms with van der Waals surface area (Å²) in [5, 5.41) is 5.33. The molecule has 3 aliphatic rings. The highest BCUT2D eigenvalue weighted by Crippen LogP contribution is 2.36. The van der Waals surface area contributed by atoms with Crippen LogP contribution in [0.3, 0.4) is 0 Å². The molecule has 2 fully saturated rings. The maximum Gasteiger partial charge on any atom is 0.264 e. The number of piperidine rings is 2. The number of anilines is 3. The summed E-state index contributed by atoms with van der Waals surface area (Å²) in [6, 6.07) is 9.87. The van der Waals surface area contributed by atoms with Crippen molar-refractivity contribution in [3.63, 3.8) is 0 Å². The summed E-state index contributed by atoms with van der Waals surface area (Å²) in [5.74, 6) is -3.17. The van der Waals surface area contributed by atoms with Gasteiger partial charge in [-0.3, -0.25) is 34.2 Å². The average molecular weight is 983 g/mol. The van der Waals surface area contributed by atoms with Gasteiger partial charge in [0.1, 0.15) is 29.7 Å². The van der Waals surface area contributed by atoms with Crippen molar-refractivity contribution in [1.29, 1.82) is 0 Å². The van der Waals surface area contributed by atoms with Gasteiger partial charge in [0.25, 0.3) is 11.8 Å². The molecule has 3 aliphatic heterocycles. The van der Waals surface area contributed by atoms with Gasteiger partial charge in [0.15, 0.2) is 5.82 Å². The zero-order valence-corrected chi connectivity index (χ0v) is 39.3. The van der Waals surface area contributed by atoms with Crippen LogP contribution in [0.4, 0.5) is 26.0 Å². The number of likely N-dealkylation sites (tertiary alicyclic amines) is 1. The summed E-state index contributed by atoms with van der Waals surface area (Å²) >= 11 is 0. The molecule has 5 amide bonds. The van der Waals surface area contributed by atoms with E-state index >= 15 is 8.78 Å². The maximum absolute atomic E-state index is 15.2. The summed E-state index contributed by atoms with van der Waals surface area (Å²) in [5.41, 5.74) is 8.43. The number of carbonyl (C=O) groups excluding carboxylic acids is 5. The molecular weight excluding hydrogens is 927 g/mol. The van der Waals surface area contributed by atoms with Crippen molar-refractivity contribution in [1.82, 2.24) is 34.6 Å².